The lowest BCUT2D eigenvalue weighted by Crippen LogP contribution is -2.55. The van der Waals surface area contributed by atoms with Crippen molar-refractivity contribution in [3.05, 3.63) is 21.9 Å². The normalized spacial score (nSPS) is 32.8. The Bertz CT molecular complexity index is 442. The number of thiophene rings is 1. The van der Waals surface area contributed by atoms with Crippen molar-refractivity contribution in [1.82, 2.24) is 9.80 Å². The Morgan fingerprint density at radius 3 is 2.95 bits per heavy atom. The van der Waals surface area contributed by atoms with Gasteiger partial charge in [-0.25, -0.2) is 0 Å². The molecule has 0 radical (unpaired) electrons. The van der Waals surface area contributed by atoms with Crippen LogP contribution in [0.5, 0.6) is 0 Å². The molecule has 104 valence electrons. The second-order valence-corrected chi connectivity index (χ2v) is 7.39. The maximum absolute atomic E-state index is 2.80. The van der Waals surface area contributed by atoms with E-state index >= 15 is 0 Å². The summed E-state index contributed by atoms with van der Waals surface area (Å²) in [4.78, 5) is 7.22. The van der Waals surface area contributed by atoms with E-state index in [2.05, 4.69) is 21.2 Å². The molecule has 1 aliphatic carbocycles. The van der Waals surface area contributed by atoms with E-state index in [0.717, 1.165) is 12.1 Å². The average molecular weight is 276 g/mol. The van der Waals surface area contributed by atoms with Gasteiger partial charge in [-0.2, -0.15) is 0 Å². The summed E-state index contributed by atoms with van der Waals surface area (Å²) >= 11 is 1.98. The molecule has 0 N–H and O–H groups in total. The lowest BCUT2D eigenvalue weighted by molar-refractivity contribution is 0.0230. The summed E-state index contributed by atoms with van der Waals surface area (Å²) in [7, 11) is 0. The molecule has 3 heterocycles. The highest BCUT2D eigenvalue weighted by atomic mass is 32.1. The third kappa shape index (κ3) is 2.26. The number of nitrogens with zero attached hydrogens (tertiary/aromatic N) is 2. The Labute approximate surface area is 120 Å². The van der Waals surface area contributed by atoms with Gasteiger partial charge < -0.3 is 0 Å². The molecule has 0 spiro atoms. The fraction of sp³-hybridized carbons (Fsp3) is 0.750. The van der Waals surface area contributed by atoms with Crippen LogP contribution in [0.4, 0.5) is 0 Å². The highest BCUT2D eigenvalue weighted by Crippen LogP contribution is 2.38. The molecule has 2 unspecified atom stereocenters. The quantitative estimate of drug-likeness (QED) is 0.776. The average Bonchev–Trinajstić information content (AvgIpc) is 2.95. The summed E-state index contributed by atoms with van der Waals surface area (Å²) in [6, 6.07) is 3.99. The number of hydrogen-bond donors (Lipinski definition) is 0. The Hall–Kier alpha value is -0.380. The molecule has 0 amide bonds. The number of piperidine rings is 1. The summed E-state index contributed by atoms with van der Waals surface area (Å²) < 4.78 is 0. The van der Waals surface area contributed by atoms with Crippen LogP contribution in [0, 0.1) is 0 Å². The predicted molar refractivity (Wildman–Crippen MR) is 80.8 cm³/mol. The SMILES string of the molecule is c1cc2c(s1)CCCC2N1CCN2CCCCC2C1. The van der Waals surface area contributed by atoms with Gasteiger partial charge in [0.2, 0.25) is 0 Å². The molecule has 3 heteroatoms. The fourth-order valence-corrected chi connectivity index (χ4v) is 5.29. The standard InChI is InChI=1S/C16H24N2S/c1-2-8-17-9-10-18(12-13(17)4-1)15-5-3-6-16-14(15)7-11-19-16/h7,11,13,15H,1-6,8-10,12H2. The maximum Gasteiger partial charge on any atom is 0.0360 e. The lowest BCUT2D eigenvalue weighted by Gasteiger charge is -2.47. The molecule has 3 aliphatic rings. The fourth-order valence-electron chi connectivity index (χ4n) is 4.30. The van der Waals surface area contributed by atoms with Crippen LogP contribution in [-0.2, 0) is 6.42 Å². The Kier molecular flexibility index (Phi) is 3.38. The summed E-state index contributed by atoms with van der Waals surface area (Å²) in [5.41, 5.74) is 1.67. The van der Waals surface area contributed by atoms with Crippen molar-refractivity contribution in [2.75, 3.05) is 26.2 Å². The van der Waals surface area contributed by atoms with Gasteiger partial charge in [0, 0.05) is 36.6 Å². The van der Waals surface area contributed by atoms with Crippen molar-refractivity contribution in [3.63, 3.8) is 0 Å². The third-order valence-electron chi connectivity index (χ3n) is 5.33. The van der Waals surface area contributed by atoms with Crippen molar-refractivity contribution < 1.29 is 0 Å². The summed E-state index contributed by atoms with van der Waals surface area (Å²) in [5.74, 6) is 0. The second kappa shape index (κ2) is 5.19. The van der Waals surface area contributed by atoms with E-state index in [-0.39, 0.29) is 0 Å². The van der Waals surface area contributed by atoms with Crippen LogP contribution in [-0.4, -0.2) is 42.0 Å². The molecule has 0 bridgehead atoms. The first kappa shape index (κ1) is 12.4. The molecule has 19 heavy (non-hydrogen) atoms. The second-order valence-electron chi connectivity index (χ2n) is 6.39. The van der Waals surface area contributed by atoms with Gasteiger partial charge in [0.05, 0.1) is 0 Å². The van der Waals surface area contributed by atoms with Gasteiger partial charge in [-0.15, -0.1) is 11.3 Å². The zero-order valence-corrected chi connectivity index (χ0v) is 12.5. The number of aryl methyl sites for hydroxylation is 1. The Balaban J connectivity index is 1.52. The van der Waals surface area contributed by atoms with Gasteiger partial charge in [0.25, 0.3) is 0 Å². The van der Waals surface area contributed by atoms with Gasteiger partial charge in [0.1, 0.15) is 0 Å². The zero-order chi connectivity index (χ0) is 12.7. The minimum atomic E-state index is 0.735. The van der Waals surface area contributed by atoms with Crippen LogP contribution in [0.1, 0.15) is 48.6 Å². The molecule has 4 rings (SSSR count). The highest BCUT2D eigenvalue weighted by Gasteiger charge is 2.34. The summed E-state index contributed by atoms with van der Waals surface area (Å²) in [5, 5.41) is 2.31. The number of rotatable bonds is 1. The van der Waals surface area contributed by atoms with Gasteiger partial charge in [-0.1, -0.05) is 6.42 Å². The topological polar surface area (TPSA) is 6.48 Å². The summed E-state index contributed by atoms with van der Waals surface area (Å²) in [6.45, 7) is 5.27. The predicted octanol–water partition coefficient (Wildman–Crippen LogP) is 3.30. The van der Waals surface area contributed by atoms with E-state index in [1.54, 1.807) is 10.4 Å². The molecular formula is C16H24N2S. The van der Waals surface area contributed by atoms with Crippen LogP contribution in [0.2, 0.25) is 0 Å². The lowest BCUT2D eigenvalue weighted by atomic mass is 9.90. The molecule has 1 aromatic rings. The molecule has 2 nitrogen and oxygen atoms in total. The van der Waals surface area contributed by atoms with Crippen LogP contribution in [0.25, 0.3) is 0 Å². The number of fused-ring (bicyclic) bond motifs is 2. The van der Waals surface area contributed by atoms with Crippen molar-refractivity contribution in [2.24, 2.45) is 0 Å². The highest BCUT2D eigenvalue weighted by molar-refractivity contribution is 7.10. The molecule has 2 aliphatic heterocycles. The minimum absolute atomic E-state index is 0.735. The van der Waals surface area contributed by atoms with Crippen LogP contribution >= 0.6 is 11.3 Å². The van der Waals surface area contributed by atoms with Crippen LogP contribution < -0.4 is 0 Å². The van der Waals surface area contributed by atoms with Crippen molar-refractivity contribution in [1.29, 1.82) is 0 Å². The van der Waals surface area contributed by atoms with Crippen LogP contribution in [0.15, 0.2) is 11.4 Å². The molecule has 1 aromatic heterocycles. The van der Waals surface area contributed by atoms with Gasteiger partial charge in [-0.05, 0) is 55.7 Å². The molecule has 2 atom stereocenters. The number of hydrogen-bond acceptors (Lipinski definition) is 3. The first-order chi connectivity index (χ1) is 9.42. The Morgan fingerprint density at radius 2 is 1.95 bits per heavy atom. The molecule has 0 saturated carbocycles. The largest absolute Gasteiger partial charge is 0.298 e. The smallest absolute Gasteiger partial charge is 0.0360 e. The molecular weight excluding hydrogens is 252 g/mol. The van der Waals surface area contributed by atoms with Crippen LogP contribution in [0.3, 0.4) is 0 Å². The molecule has 0 aromatic carbocycles. The number of piperazine rings is 1. The minimum Gasteiger partial charge on any atom is -0.298 e. The Morgan fingerprint density at radius 1 is 1.00 bits per heavy atom. The third-order valence-corrected chi connectivity index (χ3v) is 6.33. The van der Waals surface area contributed by atoms with Gasteiger partial charge >= 0.3 is 0 Å². The van der Waals surface area contributed by atoms with E-state index in [0.29, 0.717) is 0 Å². The monoisotopic (exact) mass is 276 g/mol. The van der Waals surface area contributed by atoms with E-state index in [1.165, 1.54) is 64.7 Å². The van der Waals surface area contributed by atoms with Crippen molar-refractivity contribution in [3.8, 4) is 0 Å². The first-order valence-corrected chi connectivity index (χ1v) is 8.84. The van der Waals surface area contributed by atoms with Crippen molar-refractivity contribution >= 4 is 11.3 Å². The van der Waals surface area contributed by atoms with Gasteiger partial charge in [0.15, 0.2) is 0 Å². The van der Waals surface area contributed by atoms with E-state index in [4.69, 9.17) is 0 Å². The van der Waals surface area contributed by atoms with E-state index in [9.17, 15) is 0 Å². The molecule has 2 fully saturated rings. The molecule has 2 saturated heterocycles. The van der Waals surface area contributed by atoms with E-state index in [1.807, 2.05) is 11.3 Å². The maximum atomic E-state index is 2.80. The van der Waals surface area contributed by atoms with Crippen molar-refractivity contribution in [2.45, 2.75) is 50.6 Å². The van der Waals surface area contributed by atoms with E-state index < -0.39 is 0 Å². The first-order valence-electron chi connectivity index (χ1n) is 7.96. The summed E-state index contributed by atoms with van der Waals surface area (Å²) in [6.07, 6.45) is 8.41. The zero-order valence-electron chi connectivity index (χ0n) is 11.7. The van der Waals surface area contributed by atoms with Gasteiger partial charge in [-0.3, -0.25) is 9.80 Å².